The molecular weight excluding hydrogens is 164 g/mol. The first kappa shape index (κ1) is 9.82. The van der Waals surface area contributed by atoms with Gasteiger partial charge in [0.1, 0.15) is 11.8 Å². The number of hydrogen-bond acceptors (Lipinski definition) is 2. The van der Waals surface area contributed by atoms with Crippen LogP contribution in [0.1, 0.15) is 19.5 Å². The molecule has 3 nitrogen and oxygen atoms in total. The second kappa shape index (κ2) is 4.68. The van der Waals surface area contributed by atoms with Crippen LogP contribution < -0.4 is 0 Å². The molecule has 0 amide bonds. The van der Waals surface area contributed by atoms with Crippen molar-refractivity contribution in [3.63, 3.8) is 0 Å². The van der Waals surface area contributed by atoms with Crippen LogP contribution in [-0.4, -0.2) is 17.3 Å². The zero-order chi connectivity index (χ0) is 9.68. The van der Waals surface area contributed by atoms with Crippen LogP contribution in [0, 0.1) is 11.3 Å². The molecule has 0 bridgehead atoms. The highest BCUT2D eigenvalue weighted by molar-refractivity contribution is 5.21. The van der Waals surface area contributed by atoms with E-state index < -0.39 is 0 Å². The van der Waals surface area contributed by atoms with Gasteiger partial charge in [0.25, 0.3) is 0 Å². The highest BCUT2D eigenvalue weighted by atomic mass is 16.5. The monoisotopic (exact) mass is 178 g/mol. The summed E-state index contributed by atoms with van der Waals surface area (Å²) in [6, 6.07) is 5.79. The molecule has 0 unspecified atom stereocenters. The fourth-order valence-electron chi connectivity index (χ4n) is 1.10. The first-order valence-electron chi connectivity index (χ1n) is 4.41. The van der Waals surface area contributed by atoms with Gasteiger partial charge >= 0.3 is 0 Å². The summed E-state index contributed by atoms with van der Waals surface area (Å²) in [4.78, 5) is 0. The van der Waals surface area contributed by atoms with E-state index in [2.05, 4.69) is 6.07 Å². The molecule has 0 aliphatic carbocycles. The lowest BCUT2D eigenvalue weighted by molar-refractivity contribution is 0.0727. The predicted molar refractivity (Wildman–Crippen MR) is 50.2 cm³/mol. The van der Waals surface area contributed by atoms with Crippen LogP contribution in [0.15, 0.2) is 18.3 Å². The van der Waals surface area contributed by atoms with Crippen molar-refractivity contribution in [2.75, 3.05) is 6.61 Å². The highest BCUT2D eigenvalue weighted by Crippen LogP contribution is 2.00. The molecule has 1 rings (SSSR count). The number of rotatable bonds is 4. The minimum absolute atomic E-state index is 0.251. The Morgan fingerprint density at radius 3 is 3.00 bits per heavy atom. The Hall–Kier alpha value is -1.27. The summed E-state index contributed by atoms with van der Waals surface area (Å²) in [5, 5.41) is 8.70. The lowest BCUT2D eigenvalue weighted by Gasteiger charge is -2.08. The third kappa shape index (κ3) is 2.92. The van der Waals surface area contributed by atoms with Gasteiger partial charge in [-0.05, 0) is 26.0 Å². The molecule has 0 aliphatic rings. The van der Waals surface area contributed by atoms with Crippen molar-refractivity contribution in [2.24, 2.45) is 0 Å². The van der Waals surface area contributed by atoms with Gasteiger partial charge in [-0.1, -0.05) is 0 Å². The first-order chi connectivity index (χ1) is 6.24. The summed E-state index contributed by atoms with van der Waals surface area (Å²) in [7, 11) is 0. The third-order valence-electron chi connectivity index (χ3n) is 1.73. The zero-order valence-electron chi connectivity index (χ0n) is 8.03. The molecule has 0 aromatic carbocycles. The fourth-order valence-corrected chi connectivity index (χ4v) is 1.10. The Morgan fingerprint density at radius 2 is 2.38 bits per heavy atom. The van der Waals surface area contributed by atoms with Crippen molar-refractivity contribution in [1.82, 2.24) is 4.57 Å². The normalized spacial score (nSPS) is 10.3. The van der Waals surface area contributed by atoms with Gasteiger partial charge in [-0.3, -0.25) is 0 Å². The Labute approximate surface area is 78.5 Å². The lowest BCUT2D eigenvalue weighted by Crippen LogP contribution is -2.10. The molecule has 0 radical (unpaired) electrons. The molecule has 70 valence electrons. The maximum Gasteiger partial charge on any atom is 0.120 e. The molecule has 0 aliphatic heterocycles. The second-order valence-corrected chi connectivity index (χ2v) is 3.12. The molecule has 3 heteroatoms. The highest BCUT2D eigenvalue weighted by Gasteiger charge is 1.99. The smallest absolute Gasteiger partial charge is 0.120 e. The number of ether oxygens (including phenoxy) is 1. The predicted octanol–water partition coefficient (Wildman–Crippen LogP) is 1.78. The minimum atomic E-state index is 0.251. The molecule has 1 aromatic heterocycles. The number of nitriles is 1. The van der Waals surface area contributed by atoms with Crippen LogP contribution in [0.2, 0.25) is 0 Å². The average Bonchev–Trinajstić information content (AvgIpc) is 2.51. The topological polar surface area (TPSA) is 38.0 Å². The van der Waals surface area contributed by atoms with Crippen molar-refractivity contribution >= 4 is 0 Å². The maximum absolute atomic E-state index is 8.70. The van der Waals surface area contributed by atoms with Crippen molar-refractivity contribution in [3.05, 3.63) is 24.0 Å². The van der Waals surface area contributed by atoms with Crippen LogP contribution in [0.4, 0.5) is 0 Å². The third-order valence-corrected chi connectivity index (χ3v) is 1.73. The number of aromatic nitrogens is 1. The van der Waals surface area contributed by atoms with E-state index in [0.717, 1.165) is 6.54 Å². The van der Waals surface area contributed by atoms with Crippen LogP contribution in [0.3, 0.4) is 0 Å². The Balaban J connectivity index is 2.41. The van der Waals surface area contributed by atoms with E-state index in [-0.39, 0.29) is 6.10 Å². The maximum atomic E-state index is 8.70. The lowest BCUT2D eigenvalue weighted by atomic mass is 10.4. The van der Waals surface area contributed by atoms with E-state index >= 15 is 0 Å². The average molecular weight is 178 g/mol. The standard InChI is InChI=1S/C10H14N2O/c1-9(2)13-7-6-12-5-3-4-10(12)8-11/h3-5,9H,6-7H2,1-2H3. The molecule has 0 saturated carbocycles. The van der Waals surface area contributed by atoms with Crippen molar-refractivity contribution < 1.29 is 4.74 Å². The Morgan fingerprint density at radius 1 is 1.62 bits per heavy atom. The zero-order valence-corrected chi connectivity index (χ0v) is 8.03. The molecule has 1 aromatic rings. The van der Waals surface area contributed by atoms with Gasteiger partial charge in [-0.2, -0.15) is 5.26 Å². The van der Waals surface area contributed by atoms with Gasteiger partial charge in [-0.15, -0.1) is 0 Å². The summed E-state index contributed by atoms with van der Waals surface area (Å²) in [6.07, 6.45) is 2.14. The van der Waals surface area contributed by atoms with Crippen LogP contribution in [0.5, 0.6) is 0 Å². The van der Waals surface area contributed by atoms with Gasteiger partial charge in [-0.25, -0.2) is 0 Å². The first-order valence-corrected chi connectivity index (χ1v) is 4.41. The van der Waals surface area contributed by atoms with E-state index in [1.54, 1.807) is 6.07 Å². The minimum Gasteiger partial charge on any atom is -0.377 e. The van der Waals surface area contributed by atoms with Crippen molar-refractivity contribution in [2.45, 2.75) is 26.5 Å². The van der Waals surface area contributed by atoms with Crippen LogP contribution in [-0.2, 0) is 11.3 Å². The van der Waals surface area contributed by atoms with Gasteiger partial charge in [0.15, 0.2) is 0 Å². The summed E-state index contributed by atoms with van der Waals surface area (Å²) < 4.78 is 7.28. The fraction of sp³-hybridized carbons (Fsp3) is 0.500. The molecule has 1 heterocycles. The number of hydrogen-bond donors (Lipinski definition) is 0. The van der Waals surface area contributed by atoms with Crippen LogP contribution >= 0.6 is 0 Å². The van der Waals surface area contributed by atoms with E-state index in [1.165, 1.54) is 0 Å². The largest absolute Gasteiger partial charge is 0.377 e. The molecule has 0 spiro atoms. The summed E-state index contributed by atoms with van der Waals surface area (Å²) in [5.41, 5.74) is 0.687. The SMILES string of the molecule is CC(C)OCCn1cccc1C#N. The molecule has 0 saturated heterocycles. The number of nitrogens with zero attached hydrogens (tertiary/aromatic N) is 2. The van der Waals surface area contributed by atoms with Gasteiger partial charge in [0, 0.05) is 12.7 Å². The molecular formula is C10H14N2O. The second-order valence-electron chi connectivity index (χ2n) is 3.12. The van der Waals surface area contributed by atoms with E-state index in [4.69, 9.17) is 10.00 Å². The molecule has 0 fully saturated rings. The van der Waals surface area contributed by atoms with Gasteiger partial charge in [0.2, 0.25) is 0 Å². The Kier molecular flexibility index (Phi) is 3.53. The van der Waals surface area contributed by atoms with Crippen molar-refractivity contribution in [1.29, 1.82) is 5.26 Å². The molecule has 13 heavy (non-hydrogen) atoms. The van der Waals surface area contributed by atoms with Crippen molar-refractivity contribution in [3.8, 4) is 6.07 Å². The van der Waals surface area contributed by atoms with E-state index in [1.807, 2.05) is 30.7 Å². The quantitative estimate of drug-likeness (QED) is 0.704. The van der Waals surface area contributed by atoms with Gasteiger partial charge < -0.3 is 9.30 Å². The van der Waals surface area contributed by atoms with E-state index in [0.29, 0.717) is 12.3 Å². The van der Waals surface area contributed by atoms with Gasteiger partial charge in [0.05, 0.1) is 12.7 Å². The van der Waals surface area contributed by atoms with E-state index in [9.17, 15) is 0 Å². The molecule has 0 atom stereocenters. The molecule has 0 N–H and O–H groups in total. The summed E-state index contributed by atoms with van der Waals surface area (Å²) in [5.74, 6) is 0. The summed E-state index contributed by atoms with van der Waals surface area (Å²) in [6.45, 7) is 5.40. The summed E-state index contributed by atoms with van der Waals surface area (Å²) >= 11 is 0. The Bertz CT molecular complexity index is 296. The van der Waals surface area contributed by atoms with Crippen LogP contribution in [0.25, 0.3) is 0 Å².